The molecule has 150 valence electrons. The SMILES string of the molecule is CCC(C)CCC1(CC(C)C)N=C(c2ccccc2OC(F)(F)F)NC1=O. The van der Waals surface area contributed by atoms with E-state index in [0.29, 0.717) is 18.8 Å². The van der Waals surface area contributed by atoms with Crippen LogP contribution in [0.2, 0.25) is 0 Å². The number of ether oxygens (including phenoxy) is 1. The Balaban J connectivity index is 2.39. The molecular weight excluding hydrogens is 357 g/mol. The zero-order valence-electron chi connectivity index (χ0n) is 16.2. The molecular formula is C20H27F3N2O2. The minimum absolute atomic E-state index is 0.136. The number of benzene rings is 1. The number of amidine groups is 1. The smallest absolute Gasteiger partial charge is 0.405 e. The van der Waals surface area contributed by atoms with Crippen molar-refractivity contribution >= 4 is 11.7 Å². The first-order valence-electron chi connectivity index (χ1n) is 9.32. The summed E-state index contributed by atoms with van der Waals surface area (Å²) in [6, 6.07) is 5.74. The topological polar surface area (TPSA) is 50.7 Å². The van der Waals surface area contributed by atoms with Crippen LogP contribution < -0.4 is 10.1 Å². The van der Waals surface area contributed by atoms with Crippen molar-refractivity contribution in [1.82, 2.24) is 5.32 Å². The molecule has 2 rings (SSSR count). The third-order valence-corrected chi connectivity index (χ3v) is 4.84. The molecule has 0 saturated carbocycles. The molecule has 2 atom stereocenters. The van der Waals surface area contributed by atoms with Crippen LogP contribution in [0, 0.1) is 11.8 Å². The van der Waals surface area contributed by atoms with Crippen molar-refractivity contribution in [2.24, 2.45) is 16.8 Å². The van der Waals surface area contributed by atoms with Gasteiger partial charge in [0.2, 0.25) is 0 Å². The van der Waals surface area contributed by atoms with Gasteiger partial charge in [-0.05, 0) is 43.2 Å². The Morgan fingerprint density at radius 1 is 1.22 bits per heavy atom. The highest BCUT2D eigenvalue weighted by atomic mass is 19.4. The lowest BCUT2D eigenvalue weighted by Gasteiger charge is -2.26. The van der Waals surface area contributed by atoms with Gasteiger partial charge in [-0.15, -0.1) is 13.2 Å². The van der Waals surface area contributed by atoms with Gasteiger partial charge in [0.15, 0.2) is 0 Å². The number of nitrogens with one attached hydrogen (secondary N) is 1. The van der Waals surface area contributed by atoms with Gasteiger partial charge in [0.1, 0.15) is 17.1 Å². The highest BCUT2D eigenvalue weighted by molar-refractivity contribution is 6.16. The Kier molecular flexibility index (Phi) is 6.54. The van der Waals surface area contributed by atoms with Gasteiger partial charge in [0, 0.05) is 0 Å². The Bertz CT molecular complexity index is 701. The quantitative estimate of drug-likeness (QED) is 0.680. The van der Waals surface area contributed by atoms with Gasteiger partial charge in [-0.1, -0.05) is 46.2 Å². The molecule has 1 aromatic rings. The van der Waals surface area contributed by atoms with Crippen LogP contribution in [0.15, 0.2) is 29.3 Å². The third kappa shape index (κ3) is 5.47. The molecule has 7 heteroatoms. The summed E-state index contributed by atoms with van der Waals surface area (Å²) in [4.78, 5) is 17.4. The summed E-state index contributed by atoms with van der Waals surface area (Å²) >= 11 is 0. The van der Waals surface area contributed by atoms with Crippen LogP contribution in [-0.2, 0) is 4.79 Å². The number of alkyl halides is 3. The van der Waals surface area contributed by atoms with Gasteiger partial charge in [-0.3, -0.25) is 9.79 Å². The van der Waals surface area contributed by atoms with E-state index in [4.69, 9.17) is 0 Å². The minimum atomic E-state index is -4.81. The molecule has 1 aromatic carbocycles. The molecule has 0 saturated heterocycles. The molecule has 1 N–H and O–H groups in total. The Hall–Kier alpha value is -2.05. The standard InChI is InChI=1S/C20H27F3N2O2/c1-5-14(4)10-11-19(12-13(2)3)18(26)24-17(25-19)15-8-6-7-9-16(15)27-20(21,22)23/h6-9,13-14H,5,10-12H2,1-4H3,(H,24,25,26). The normalized spacial score (nSPS) is 21.2. The van der Waals surface area contributed by atoms with E-state index < -0.39 is 11.9 Å². The number of amides is 1. The first-order valence-corrected chi connectivity index (χ1v) is 9.32. The van der Waals surface area contributed by atoms with E-state index in [1.54, 1.807) is 6.07 Å². The maximum atomic E-state index is 12.8. The highest BCUT2D eigenvalue weighted by Gasteiger charge is 2.44. The van der Waals surface area contributed by atoms with E-state index in [-0.39, 0.29) is 29.0 Å². The molecule has 4 nitrogen and oxygen atoms in total. The van der Waals surface area contributed by atoms with Crippen LogP contribution in [0.1, 0.15) is 58.9 Å². The molecule has 0 bridgehead atoms. The van der Waals surface area contributed by atoms with E-state index >= 15 is 0 Å². The number of carbonyl (C=O) groups is 1. The lowest BCUT2D eigenvalue weighted by molar-refractivity contribution is -0.274. The van der Waals surface area contributed by atoms with Crippen LogP contribution in [0.4, 0.5) is 13.2 Å². The average molecular weight is 384 g/mol. The molecule has 0 aromatic heterocycles. The molecule has 0 aliphatic carbocycles. The number of hydrogen-bond acceptors (Lipinski definition) is 3. The molecule has 2 unspecified atom stereocenters. The molecule has 1 aliphatic heterocycles. The number of hydrogen-bond donors (Lipinski definition) is 1. The first-order chi connectivity index (χ1) is 12.6. The Labute approximate surface area is 158 Å². The molecule has 1 aliphatic rings. The van der Waals surface area contributed by atoms with Crippen LogP contribution >= 0.6 is 0 Å². The number of para-hydroxylation sites is 1. The fraction of sp³-hybridized carbons (Fsp3) is 0.600. The molecule has 0 fully saturated rings. The summed E-state index contributed by atoms with van der Waals surface area (Å²) in [7, 11) is 0. The van der Waals surface area contributed by atoms with Gasteiger partial charge in [0.05, 0.1) is 5.56 Å². The van der Waals surface area contributed by atoms with Gasteiger partial charge in [-0.25, -0.2) is 0 Å². The largest absolute Gasteiger partial charge is 0.573 e. The lowest BCUT2D eigenvalue weighted by Crippen LogP contribution is -2.41. The van der Waals surface area contributed by atoms with Crippen molar-refractivity contribution in [3.63, 3.8) is 0 Å². The highest BCUT2D eigenvalue weighted by Crippen LogP contribution is 2.35. The lowest BCUT2D eigenvalue weighted by atomic mass is 9.82. The van der Waals surface area contributed by atoms with E-state index in [2.05, 4.69) is 28.9 Å². The number of carbonyl (C=O) groups excluding carboxylic acids is 1. The molecule has 27 heavy (non-hydrogen) atoms. The van der Waals surface area contributed by atoms with Crippen molar-refractivity contribution in [1.29, 1.82) is 0 Å². The van der Waals surface area contributed by atoms with Crippen LogP contribution in [-0.4, -0.2) is 23.6 Å². The molecule has 1 amide bonds. The zero-order chi connectivity index (χ0) is 20.2. The number of nitrogens with zero attached hydrogens (tertiary/aromatic N) is 1. The monoisotopic (exact) mass is 384 g/mol. The number of rotatable bonds is 8. The summed E-state index contributed by atoms with van der Waals surface area (Å²) in [6.45, 7) is 8.22. The van der Waals surface area contributed by atoms with Crippen molar-refractivity contribution < 1.29 is 22.7 Å². The summed E-state index contributed by atoms with van der Waals surface area (Å²) < 4.78 is 42.2. The fourth-order valence-corrected chi connectivity index (χ4v) is 3.29. The van der Waals surface area contributed by atoms with Crippen LogP contribution in [0.3, 0.4) is 0 Å². The zero-order valence-corrected chi connectivity index (χ0v) is 16.2. The second kappa shape index (κ2) is 8.31. The van der Waals surface area contributed by atoms with E-state index in [9.17, 15) is 18.0 Å². The molecule has 0 spiro atoms. The third-order valence-electron chi connectivity index (χ3n) is 4.84. The van der Waals surface area contributed by atoms with E-state index in [0.717, 1.165) is 12.8 Å². The summed E-state index contributed by atoms with van der Waals surface area (Å²) in [5.74, 6) is 0.187. The van der Waals surface area contributed by atoms with Gasteiger partial charge < -0.3 is 10.1 Å². The van der Waals surface area contributed by atoms with Crippen molar-refractivity contribution in [3.8, 4) is 5.75 Å². The van der Waals surface area contributed by atoms with Gasteiger partial charge >= 0.3 is 6.36 Å². The number of aliphatic imine (C=N–C) groups is 1. The summed E-state index contributed by atoms with van der Waals surface area (Å²) in [6.07, 6.45) is -1.88. The maximum absolute atomic E-state index is 12.8. The predicted molar refractivity (Wildman–Crippen MR) is 98.7 cm³/mol. The van der Waals surface area contributed by atoms with Crippen LogP contribution in [0.25, 0.3) is 0 Å². The fourth-order valence-electron chi connectivity index (χ4n) is 3.29. The van der Waals surface area contributed by atoms with Gasteiger partial charge in [-0.2, -0.15) is 0 Å². The van der Waals surface area contributed by atoms with Crippen molar-refractivity contribution in [3.05, 3.63) is 29.8 Å². The van der Waals surface area contributed by atoms with E-state index in [1.807, 2.05) is 13.8 Å². The summed E-state index contributed by atoms with van der Waals surface area (Å²) in [5.41, 5.74) is -0.810. The Morgan fingerprint density at radius 2 is 1.89 bits per heavy atom. The predicted octanol–water partition coefficient (Wildman–Crippen LogP) is 5.07. The first kappa shape index (κ1) is 21.3. The van der Waals surface area contributed by atoms with Crippen molar-refractivity contribution in [2.45, 2.75) is 65.3 Å². The number of halogens is 3. The second-order valence-corrected chi connectivity index (χ2v) is 7.64. The minimum Gasteiger partial charge on any atom is -0.405 e. The Morgan fingerprint density at radius 3 is 2.48 bits per heavy atom. The van der Waals surface area contributed by atoms with Crippen molar-refractivity contribution in [2.75, 3.05) is 0 Å². The maximum Gasteiger partial charge on any atom is 0.573 e. The summed E-state index contributed by atoms with van der Waals surface area (Å²) in [5, 5.41) is 2.70. The molecule has 0 radical (unpaired) electrons. The van der Waals surface area contributed by atoms with E-state index in [1.165, 1.54) is 18.2 Å². The van der Waals surface area contributed by atoms with Crippen LogP contribution in [0.5, 0.6) is 5.75 Å². The second-order valence-electron chi connectivity index (χ2n) is 7.64. The van der Waals surface area contributed by atoms with Gasteiger partial charge in [0.25, 0.3) is 5.91 Å². The average Bonchev–Trinajstić information content (AvgIpc) is 2.87. The molecule has 1 heterocycles.